The summed E-state index contributed by atoms with van der Waals surface area (Å²) in [6.07, 6.45) is 2.91. The van der Waals surface area contributed by atoms with Crippen LogP contribution in [0.5, 0.6) is 5.88 Å². The fraction of sp³-hybridized carbons (Fsp3) is 0.417. The van der Waals surface area contributed by atoms with Crippen LogP contribution in [0, 0.1) is 6.92 Å². The van der Waals surface area contributed by atoms with Crippen LogP contribution in [-0.4, -0.2) is 56.2 Å². The Morgan fingerprint density at radius 1 is 1.43 bits per heavy atom. The van der Waals surface area contributed by atoms with E-state index in [1.165, 1.54) is 12.5 Å². The van der Waals surface area contributed by atoms with Crippen LogP contribution in [0.25, 0.3) is 0 Å². The number of carboxylic acids is 1. The van der Waals surface area contributed by atoms with Crippen LogP contribution in [0.1, 0.15) is 22.1 Å². The first-order valence-electron chi connectivity index (χ1n) is 6.35. The van der Waals surface area contributed by atoms with E-state index in [2.05, 4.69) is 25.2 Å². The summed E-state index contributed by atoms with van der Waals surface area (Å²) < 4.78 is 6.75. The maximum atomic E-state index is 10.8. The number of hydrogen-bond donors (Lipinski definition) is 1. The Kier molecular flexibility index (Phi) is 3.16. The SMILES string of the molecule is COc1ncnc(N2CC(n3cc(C(=O)O)nn3)C2)c1C. The molecular weight excluding hydrogens is 276 g/mol. The summed E-state index contributed by atoms with van der Waals surface area (Å²) >= 11 is 0. The van der Waals surface area contributed by atoms with Crippen molar-refractivity contribution >= 4 is 11.8 Å². The molecule has 0 spiro atoms. The van der Waals surface area contributed by atoms with Gasteiger partial charge in [-0.05, 0) is 6.92 Å². The van der Waals surface area contributed by atoms with E-state index < -0.39 is 5.97 Å². The first kappa shape index (κ1) is 13.3. The summed E-state index contributed by atoms with van der Waals surface area (Å²) in [6, 6.07) is 0.0889. The lowest BCUT2D eigenvalue weighted by Crippen LogP contribution is -2.48. The van der Waals surface area contributed by atoms with E-state index in [1.54, 1.807) is 11.8 Å². The normalized spacial score (nSPS) is 14.9. The number of ether oxygens (including phenoxy) is 1. The number of aromatic carboxylic acids is 1. The predicted octanol–water partition coefficient (Wildman–Crippen LogP) is 0.145. The second kappa shape index (κ2) is 5.00. The first-order valence-corrected chi connectivity index (χ1v) is 6.35. The van der Waals surface area contributed by atoms with Gasteiger partial charge in [-0.25, -0.2) is 19.4 Å². The minimum absolute atomic E-state index is 0.0478. The lowest BCUT2D eigenvalue weighted by atomic mass is 10.1. The molecule has 9 nitrogen and oxygen atoms in total. The van der Waals surface area contributed by atoms with Crippen molar-refractivity contribution in [3.8, 4) is 5.88 Å². The Morgan fingerprint density at radius 3 is 2.81 bits per heavy atom. The zero-order valence-electron chi connectivity index (χ0n) is 11.6. The number of methoxy groups -OCH3 is 1. The third kappa shape index (κ3) is 2.26. The van der Waals surface area contributed by atoms with Crippen LogP contribution in [0.3, 0.4) is 0 Å². The molecule has 0 aliphatic carbocycles. The Bertz CT molecular complexity index is 679. The van der Waals surface area contributed by atoms with Crippen molar-refractivity contribution in [1.29, 1.82) is 0 Å². The standard InChI is InChI=1S/C12H14N6O3/c1-7-10(13-6-14-11(7)21-2)17-3-8(4-17)18-5-9(12(19)20)15-16-18/h5-6,8H,3-4H2,1-2H3,(H,19,20). The zero-order chi connectivity index (χ0) is 15.0. The third-order valence-electron chi connectivity index (χ3n) is 3.47. The molecule has 1 aliphatic rings. The van der Waals surface area contributed by atoms with Gasteiger partial charge in [-0.2, -0.15) is 0 Å². The van der Waals surface area contributed by atoms with E-state index in [1.807, 2.05) is 6.92 Å². The van der Waals surface area contributed by atoms with E-state index in [0.29, 0.717) is 19.0 Å². The highest BCUT2D eigenvalue weighted by molar-refractivity contribution is 5.84. The molecule has 0 bridgehead atoms. The average Bonchev–Trinajstić information content (AvgIpc) is 2.88. The second-order valence-electron chi connectivity index (χ2n) is 4.78. The molecule has 0 radical (unpaired) electrons. The number of nitrogens with zero attached hydrogens (tertiary/aromatic N) is 6. The van der Waals surface area contributed by atoms with Crippen LogP contribution in [-0.2, 0) is 0 Å². The van der Waals surface area contributed by atoms with Gasteiger partial charge in [0.25, 0.3) is 0 Å². The highest BCUT2D eigenvalue weighted by atomic mass is 16.5. The molecule has 1 fully saturated rings. The average molecular weight is 290 g/mol. The third-order valence-corrected chi connectivity index (χ3v) is 3.47. The largest absolute Gasteiger partial charge is 0.481 e. The number of rotatable bonds is 4. The molecule has 2 aromatic rings. The molecule has 0 aromatic carbocycles. The summed E-state index contributed by atoms with van der Waals surface area (Å²) in [5.41, 5.74) is 0.830. The number of aromatic nitrogens is 5. The molecule has 0 amide bonds. The van der Waals surface area contributed by atoms with Crippen LogP contribution >= 0.6 is 0 Å². The summed E-state index contributed by atoms with van der Waals surface area (Å²) in [7, 11) is 1.57. The molecule has 110 valence electrons. The Labute approximate surface area is 120 Å². The minimum Gasteiger partial charge on any atom is -0.481 e. The highest BCUT2D eigenvalue weighted by Gasteiger charge is 2.32. The number of carboxylic acid groups (broad SMARTS) is 1. The first-order chi connectivity index (χ1) is 10.1. The maximum Gasteiger partial charge on any atom is 0.358 e. The number of carbonyl (C=O) groups is 1. The van der Waals surface area contributed by atoms with Gasteiger partial charge >= 0.3 is 5.97 Å². The van der Waals surface area contributed by atoms with Gasteiger partial charge in [-0.1, -0.05) is 5.21 Å². The van der Waals surface area contributed by atoms with Crippen molar-refractivity contribution in [3.05, 3.63) is 23.8 Å². The van der Waals surface area contributed by atoms with Crippen LogP contribution in [0.15, 0.2) is 12.5 Å². The van der Waals surface area contributed by atoms with Gasteiger partial charge < -0.3 is 14.7 Å². The molecule has 0 unspecified atom stereocenters. The molecule has 0 atom stereocenters. The molecule has 0 saturated carbocycles. The van der Waals surface area contributed by atoms with E-state index in [-0.39, 0.29) is 11.7 Å². The molecule has 1 N–H and O–H groups in total. The molecule has 1 saturated heterocycles. The maximum absolute atomic E-state index is 10.8. The lowest BCUT2D eigenvalue weighted by molar-refractivity contribution is 0.0690. The van der Waals surface area contributed by atoms with Crippen LogP contribution < -0.4 is 9.64 Å². The molecule has 2 aromatic heterocycles. The number of anilines is 1. The van der Waals surface area contributed by atoms with Crippen molar-refractivity contribution < 1.29 is 14.6 Å². The minimum atomic E-state index is -1.08. The topological polar surface area (TPSA) is 106 Å². The number of hydrogen-bond acceptors (Lipinski definition) is 7. The monoisotopic (exact) mass is 290 g/mol. The fourth-order valence-electron chi connectivity index (χ4n) is 2.30. The Morgan fingerprint density at radius 2 is 2.19 bits per heavy atom. The van der Waals surface area contributed by atoms with Crippen molar-refractivity contribution in [1.82, 2.24) is 25.0 Å². The van der Waals surface area contributed by atoms with Gasteiger partial charge in [-0.15, -0.1) is 5.10 Å². The molecule has 3 rings (SSSR count). The van der Waals surface area contributed by atoms with Crippen molar-refractivity contribution in [3.63, 3.8) is 0 Å². The van der Waals surface area contributed by atoms with E-state index >= 15 is 0 Å². The van der Waals surface area contributed by atoms with Gasteiger partial charge in [-0.3, -0.25) is 0 Å². The molecule has 1 aliphatic heterocycles. The summed E-state index contributed by atoms with van der Waals surface area (Å²) in [5, 5.41) is 16.3. The molecule has 9 heteroatoms. The summed E-state index contributed by atoms with van der Waals surface area (Å²) in [5.74, 6) is 0.294. The van der Waals surface area contributed by atoms with Crippen LogP contribution in [0.4, 0.5) is 5.82 Å². The summed E-state index contributed by atoms with van der Waals surface area (Å²) in [4.78, 5) is 21.2. The Balaban J connectivity index is 1.72. The van der Waals surface area contributed by atoms with E-state index in [9.17, 15) is 4.79 Å². The fourth-order valence-corrected chi connectivity index (χ4v) is 2.30. The van der Waals surface area contributed by atoms with Crippen molar-refractivity contribution in [2.75, 3.05) is 25.1 Å². The van der Waals surface area contributed by atoms with E-state index in [4.69, 9.17) is 9.84 Å². The predicted molar refractivity (Wildman–Crippen MR) is 71.6 cm³/mol. The van der Waals surface area contributed by atoms with Crippen LogP contribution in [0.2, 0.25) is 0 Å². The van der Waals surface area contributed by atoms with Gasteiger partial charge in [0.05, 0.1) is 24.9 Å². The molecule has 21 heavy (non-hydrogen) atoms. The zero-order valence-corrected chi connectivity index (χ0v) is 11.6. The van der Waals surface area contributed by atoms with E-state index in [0.717, 1.165) is 11.4 Å². The van der Waals surface area contributed by atoms with Crippen molar-refractivity contribution in [2.45, 2.75) is 13.0 Å². The lowest BCUT2D eigenvalue weighted by Gasteiger charge is -2.40. The van der Waals surface area contributed by atoms with Gasteiger partial charge in [0.1, 0.15) is 12.1 Å². The van der Waals surface area contributed by atoms with Gasteiger partial charge in [0.15, 0.2) is 5.69 Å². The smallest absolute Gasteiger partial charge is 0.358 e. The second-order valence-corrected chi connectivity index (χ2v) is 4.78. The quantitative estimate of drug-likeness (QED) is 0.847. The summed E-state index contributed by atoms with van der Waals surface area (Å²) in [6.45, 7) is 3.27. The molecular formula is C12H14N6O3. The van der Waals surface area contributed by atoms with Gasteiger partial charge in [0, 0.05) is 13.1 Å². The van der Waals surface area contributed by atoms with Crippen molar-refractivity contribution in [2.24, 2.45) is 0 Å². The van der Waals surface area contributed by atoms with Gasteiger partial charge in [0.2, 0.25) is 5.88 Å². The molecule has 3 heterocycles. The Hall–Kier alpha value is -2.71. The highest BCUT2D eigenvalue weighted by Crippen LogP contribution is 2.30.